The predicted octanol–water partition coefficient (Wildman–Crippen LogP) is 2.61. The Hall–Kier alpha value is -1.76. The van der Waals surface area contributed by atoms with Gasteiger partial charge in [0.2, 0.25) is 0 Å². The van der Waals surface area contributed by atoms with Crippen molar-refractivity contribution in [3.05, 3.63) is 29.3 Å². The van der Waals surface area contributed by atoms with Crippen molar-refractivity contribution in [1.29, 1.82) is 0 Å². The van der Waals surface area contributed by atoms with Gasteiger partial charge in [0.15, 0.2) is 0 Å². The van der Waals surface area contributed by atoms with E-state index in [-0.39, 0.29) is 17.9 Å². The SMILES string of the molecule is Cc1cccc(C(=O)O)c1OCCOC(F)(F)F. The number of rotatable bonds is 5. The molecule has 1 N–H and O–H groups in total. The number of aryl methyl sites for hydroxylation is 1. The van der Waals surface area contributed by atoms with E-state index in [1.165, 1.54) is 12.1 Å². The van der Waals surface area contributed by atoms with Crippen molar-refractivity contribution in [2.24, 2.45) is 0 Å². The molecule has 0 aromatic heterocycles. The van der Waals surface area contributed by atoms with Crippen LogP contribution in [-0.2, 0) is 4.74 Å². The molecular formula is C11H11F3O4. The molecule has 0 saturated heterocycles. The molecule has 0 aliphatic heterocycles. The Bertz CT molecular complexity index is 429. The van der Waals surface area contributed by atoms with Crippen LogP contribution in [0.3, 0.4) is 0 Å². The molecule has 0 aliphatic rings. The Morgan fingerprint density at radius 1 is 1.33 bits per heavy atom. The van der Waals surface area contributed by atoms with Crippen LogP contribution in [0.1, 0.15) is 15.9 Å². The van der Waals surface area contributed by atoms with Gasteiger partial charge in [-0.2, -0.15) is 0 Å². The van der Waals surface area contributed by atoms with E-state index in [1.807, 2.05) is 0 Å². The van der Waals surface area contributed by atoms with Crippen LogP contribution in [0.4, 0.5) is 13.2 Å². The Balaban J connectivity index is 2.64. The molecule has 0 spiro atoms. The minimum Gasteiger partial charge on any atom is -0.490 e. The first-order valence-electron chi connectivity index (χ1n) is 4.97. The average molecular weight is 264 g/mol. The molecular weight excluding hydrogens is 253 g/mol. The number of hydrogen-bond donors (Lipinski definition) is 1. The standard InChI is InChI=1S/C11H11F3O4/c1-7-3-2-4-8(10(15)16)9(7)17-5-6-18-11(12,13)14/h2-4H,5-6H2,1H3,(H,15,16). The van der Waals surface area contributed by atoms with Gasteiger partial charge in [-0.1, -0.05) is 12.1 Å². The molecule has 0 aliphatic carbocycles. The normalized spacial score (nSPS) is 11.3. The third kappa shape index (κ3) is 4.25. The molecule has 0 unspecified atom stereocenters. The number of alkyl halides is 3. The quantitative estimate of drug-likeness (QED) is 0.830. The molecule has 7 heteroatoms. The van der Waals surface area contributed by atoms with E-state index in [2.05, 4.69) is 4.74 Å². The maximum Gasteiger partial charge on any atom is 0.522 e. The van der Waals surface area contributed by atoms with Gasteiger partial charge in [-0.15, -0.1) is 13.2 Å². The van der Waals surface area contributed by atoms with Crippen molar-refractivity contribution in [2.45, 2.75) is 13.3 Å². The van der Waals surface area contributed by atoms with E-state index in [9.17, 15) is 18.0 Å². The Labute approximate surface area is 101 Å². The lowest BCUT2D eigenvalue weighted by atomic mass is 10.1. The van der Waals surface area contributed by atoms with Gasteiger partial charge in [0.25, 0.3) is 0 Å². The second kappa shape index (κ2) is 5.72. The van der Waals surface area contributed by atoms with Gasteiger partial charge in [-0.05, 0) is 18.6 Å². The maximum absolute atomic E-state index is 11.7. The molecule has 0 radical (unpaired) electrons. The zero-order chi connectivity index (χ0) is 13.8. The van der Waals surface area contributed by atoms with E-state index in [4.69, 9.17) is 9.84 Å². The predicted molar refractivity (Wildman–Crippen MR) is 55.6 cm³/mol. The van der Waals surface area contributed by atoms with Crippen molar-refractivity contribution in [3.8, 4) is 5.75 Å². The number of hydrogen-bond acceptors (Lipinski definition) is 3. The van der Waals surface area contributed by atoms with Crippen molar-refractivity contribution in [3.63, 3.8) is 0 Å². The third-order valence-electron chi connectivity index (χ3n) is 2.04. The number of para-hydroxylation sites is 1. The molecule has 1 aromatic carbocycles. The van der Waals surface area contributed by atoms with E-state index < -0.39 is 18.9 Å². The Morgan fingerprint density at radius 3 is 2.56 bits per heavy atom. The van der Waals surface area contributed by atoms with Crippen LogP contribution in [0.25, 0.3) is 0 Å². The summed E-state index contributed by atoms with van der Waals surface area (Å²) in [5, 5.41) is 8.88. The van der Waals surface area contributed by atoms with E-state index >= 15 is 0 Å². The van der Waals surface area contributed by atoms with Gasteiger partial charge >= 0.3 is 12.3 Å². The first-order chi connectivity index (χ1) is 8.31. The molecule has 0 atom stereocenters. The molecule has 0 amide bonds. The molecule has 0 fully saturated rings. The van der Waals surface area contributed by atoms with E-state index in [1.54, 1.807) is 13.0 Å². The van der Waals surface area contributed by atoms with Gasteiger partial charge in [-0.25, -0.2) is 4.79 Å². The molecule has 0 heterocycles. The number of carboxylic acid groups (broad SMARTS) is 1. The first-order valence-corrected chi connectivity index (χ1v) is 4.97. The summed E-state index contributed by atoms with van der Waals surface area (Å²) in [6.07, 6.45) is -4.72. The number of halogens is 3. The summed E-state index contributed by atoms with van der Waals surface area (Å²) in [4.78, 5) is 10.9. The number of carboxylic acids is 1. The number of aromatic carboxylic acids is 1. The minimum atomic E-state index is -4.72. The highest BCUT2D eigenvalue weighted by atomic mass is 19.4. The summed E-state index contributed by atoms with van der Waals surface area (Å²) in [7, 11) is 0. The topological polar surface area (TPSA) is 55.8 Å². The second-order valence-corrected chi connectivity index (χ2v) is 3.40. The van der Waals surface area contributed by atoms with Gasteiger partial charge in [-0.3, -0.25) is 4.74 Å². The lowest BCUT2D eigenvalue weighted by Crippen LogP contribution is -2.18. The third-order valence-corrected chi connectivity index (χ3v) is 2.04. The van der Waals surface area contributed by atoms with Crippen LogP contribution < -0.4 is 4.74 Å². The summed E-state index contributed by atoms with van der Waals surface area (Å²) in [6, 6.07) is 4.44. The molecule has 4 nitrogen and oxygen atoms in total. The minimum absolute atomic E-state index is 0.0516. The van der Waals surface area contributed by atoms with E-state index in [0.29, 0.717) is 5.56 Å². The van der Waals surface area contributed by atoms with Crippen LogP contribution >= 0.6 is 0 Å². The largest absolute Gasteiger partial charge is 0.522 e. The molecule has 1 rings (SSSR count). The van der Waals surface area contributed by atoms with Crippen LogP contribution in [-0.4, -0.2) is 30.7 Å². The van der Waals surface area contributed by atoms with Crippen LogP contribution in [0.2, 0.25) is 0 Å². The zero-order valence-electron chi connectivity index (χ0n) is 9.45. The van der Waals surface area contributed by atoms with Crippen LogP contribution in [0.5, 0.6) is 5.75 Å². The van der Waals surface area contributed by atoms with Gasteiger partial charge in [0, 0.05) is 0 Å². The van der Waals surface area contributed by atoms with Crippen LogP contribution in [0.15, 0.2) is 18.2 Å². The van der Waals surface area contributed by atoms with Crippen molar-refractivity contribution < 1.29 is 32.5 Å². The highest BCUT2D eigenvalue weighted by Crippen LogP contribution is 2.23. The fourth-order valence-electron chi connectivity index (χ4n) is 1.31. The summed E-state index contributed by atoms with van der Waals surface area (Å²) in [6.45, 7) is 0.522. The zero-order valence-corrected chi connectivity index (χ0v) is 9.45. The Kier molecular flexibility index (Phi) is 4.55. The lowest BCUT2D eigenvalue weighted by molar-refractivity contribution is -0.325. The smallest absolute Gasteiger partial charge is 0.490 e. The summed E-state index contributed by atoms with van der Waals surface area (Å²) in [5.41, 5.74) is 0.434. The molecule has 0 bridgehead atoms. The molecule has 1 aromatic rings. The Morgan fingerprint density at radius 2 is 2.00 bits per heavy atom. The lowest BCUT2D eigenvalue weighted by Gasteiger charge is -2.12. The first kappa shape index (κ1) is 14.3. The highest BCUT2D eigenvalue weighted by Gasteiger charge is 2.28. The fourth-order valence-corrected chi connectivity index (χ4v) is 1.31. The number of carbonyl (C=O) groups is 1. The van der Waals surface area contributed by atoms with Crippen molar-refractivity contribution in [2.75, 3.05) is 13.2 Å². The van der Waals surface area contributed by atoms with Gasteiger partial charge < -0.3 is 9.84 Å². The molecule has 0 saturated carbocycles. The van der Waals surface area contributed by atoms with Crippen molar-refractivity contribution >= 4 is 5.97 Å². The van der Waals surface area contributed by atoms with Crippen molar-refractivity contribution in [1.82, 2.24) is 0 Å². The summed E-state index contributed by atoms with van der Waals surface area (Å²) < 4.78 is 43.6. The summed E-state index contributed by atoms with van der Waals surface area (Å²) in [5.74, 6) is -1.15. The highest BCUT2D eigenvalue weighted by molar-refractivity contribution is 5.91. The maximum atomic E-state index is 11.7. The van der Waals surface area contributed by atoms with Gasteiger partial charge in [0.05, 0.1) is 6.61 Å². The van der Waals surface area contributed by atoms with Crippen LogP contribution in [0, 0.1) is 6.92 Å². The second-order valence-electron chi connectivity index (χ2n) is 3.40. The average Bonchev–Trinajstić information content (AvgIpc) is 2.24. The molecule has 100 valence electrons. The van der Waals surface area contributed by atoms with E-state index in [0.717, 1.165) is 0 Å². The fraction of sp³-hybridized carbons (Fsp3) is 0.364. The monoisotopic (exact) mass is 264 g/mol. The molecule has 18 heavy (non-hydrogen) atoms. The number of benzene rings is 1. The van der Waals surface area contributed by atoms with Gasteiger partial charge in [0.1, 0.15) is 17.9 Å². The summed E-state index contributed by atoms with van der Waals surface area (Å²) >= 11 is 0. The number of ether oxygens (including phenoxy) is 2.